The molecule has 7 heteroatoms. The summed E-state index contributed by atoms with van der Waals surface area (Å²) in [6.07, 6.45) is 5.05. The van der Waals surface area contributed by atoms with Crippen LogP contribution in [0.5, 0.6) is 0 Å². The number of aromatic nitrogens is 2. The molecular weight excluding hydrogens is 466 g/mol. The zero-order chi connectivity index (χ0) is 23.7. The maximum atomic E-state index is 13.5. The molecule has 34 heavy (non-hydrogen) atoms. The Kier molecular flexibility index (Phi) is 5.66. The Balaban J connectivity index is 1.59. The molecule has 0 bridgehead atoms. The first-order valence-corrected chi connectivity index (χ1v) is 12.3. The van der Waals surface area contributed by atoms with Crippen molar-refractivity contribution >= 4 is 49.0 Å². The second kappa shape index (κ2) is 8.79. The molecule has 0 fully saturated rings. The molecule has 1 N–H and O–H groups in total. The molecule has 5 rings (SSSR count). The van der Waals surface area contributed by atoms with Crippen LogP contribution in [-0.4, -0.2) is 18.4 Å². The topological polar surface area (TPSA) is 72.0 Å². The summed E-state index contributed by atoms with van der Waals surface area (Å²) in [6.45, 7) is 1.75. The molecule has 0 saturated carbocycles. The number of fused-ring (bicyclic) bond motifs is 2. The Morgan fingerprint density at radius 1 is 0.882 bits per heavy atom. The molecule has 0 aliphatic rings. The molecule has 5 aromatic rings. The van der Waals surface area contributed by atoms with E-state index in [-0.39, 0.29) is 4.90 Å². The van der Waals surface area contributed by atoms with E-state index < -0.39 is 10.0 Å². The second-order valence-corrected chi connectivity index (χ2v) is 9.80. The van der Waals surface area contributed by atoms with E-state index in [1.54, 1.807) is 55.8 Å². The minimum Gasteiger partial charge on any atom is -0.278 e. The van der Waals surface area contributed by atoms with Gasteiger partial charge in [0, 0.05) is 39.8 Å². The van der Waals surface area contributed by atoms with Gasteiger partial charge in [0.25, 0.3) is 10.0 Å². The van der Waals surface area contributed by atoms with Crippen molar-refractivity contribution in [2.24, 2.45) is 0 Å². The maximum Gasteiger partial charge on any atom is 0.264 e. The number of pyridine rings is 2. The predicted octanol–water partition coefficient (Wildman–Crippen LogP) is 5.95. The van der Waals surface area contributed by atoms with Crippen LogP contribution in [0.25, 0.3) is 21.7 Å². The minimum atomic E-state index is -3.96. The summed E-state index contributed by atoms with van der Waals surface area (Å²) in [7, 11) is -3.96. The van der Waals surface area contributed by atoms with Crippen molar-refractivity contribution in [2.45, 2.75) is 11.8 Å². The van der Waals surface area contributed by atoms with Gasteiger partial charge < -0.3 is 0 Å². The van der Waals surface area contributed by atoms with E-state index in [0.29, 0.717) is 27.4 Å². The summed E-state index contributed by atoms with van der Waals surface area (Å²) in [5.41, 5.74) is 2.54. The van der Waals surface area contributed by atoms with Gasteiger partial charge in [-0.3, -0.25) is 14.7 Å². The average Bonchev–Trinajstić information content (AvgIpc) is 2.83. The lowest BCUT2D eigenvalue weighted by Crippen LogP contribution is -2.16. The molecule has 0 unspecified atom stereocenters. The van der Waals surface area contributed by atoms with Crippen molar-refractivity contribution in [3.8, 4) is 11.8 Å². The fraction of sp³-hybridized carbons (Fsp3) is 0.0370. The second-order valence-electron chi connectivity index (χ2n) is 7.74. The van der Waals surface area contributed by atoms with E-state index in [1.807, 2.05) is 36.4 Å². The fourth-order valence-corrected chi connectivity index (χ4v) is 5.47. The summed E-state index contributed by atoms with van der Waals surface area (Å²) >= 11 is 6.22. The summed E-state index contributed by atoms with van der Waals surface area (Å²) in [5, 5.41) is 3.13. The standard InChI is InChI=1S/C27H18ClN3O2S/c1-18-8-9-19-6-4-14-30-26(19)27(18)34(32,33)31-25-13-12-23(28)15-20(25)10-11-22-17-29-16-21-5-2-3-7-24(21)22/h2-9,12-17,31H,1H3. The molecule has 5 nitrogen and oxygen atoms in total. The van der Waals surface area contributed by atoms with Crippen molar-refractivity contribution in [1.29, 1.82) is 0 Å². The molecule has 0 saturated heterocycles. The first-order chi connectivity index (χ1) is 16.4. The number of sulfonamides is 1. The molecule has 0 aliphatic heterocycles. The van der Waals surface area contributed by atoms with E-state index >= 15 is 0 Å². The third kappa shape index (κ3) is 4.19. The zero-order valence-corrected chi connectivity index (χ0v) is 19.7. The summed E-state index contributed by atoms with van der Waals surface area (Å²) in [6, 6.07) is 19.9. The van der Waals surface area contributed by atoms with Gasteiger partial charge in [-0.15, -0.1) is 0 Å². The van der Waals surface area contributed by atoms with Crippen LogP contribution in [0.15, 0.2) is 90.2 Å². The third-order valence-electron chi connectivity index (χ3n) is 5.42. The van der Waals surface area contributed by atoms with Crippen LogP contribution in [0, 0.1) is 18.8 Å². The first-order valence-electron chi connectivity index (χ1n) is 10.4. The molecule has 0 spiro atoms. The molecule has 0 radical (unpaired) electrons. The van der Waals surface area contributed by atoms with Gasteiger partial charge in [0.1, 0.15) is 4.90 Å². The highest BCUT2D eigenvalue weighted by molar-refractivity contribution is 7.93. The average molecular weight is 484 g/mol. The Morgan fingerprint density at radius 3 is 2.56 bits per heavy atom. The number of aryl methyl sites for hydroxylation is 1. The monoisotopic (exact) mass is 483 g/mol. The van der Waals surface area contributed by atoms with Gasteiger partial charge in [-0.1, -0.05) is 65.9 Å². The lowest BCUT2D eigenvalue weighted by Gasteiger charge is -2.14. The quantitative estimate of drug-likeness (QED) is 0.322. The Bertz CT molecular complexity index is 1730. The summed E-state index contributed by atoms with van der Waals surface area (Å²) < 4.78 is 29.7. The van der Waals surface area contributed by atoms with Crippen molar-refractivity contribution in [2.75, 3.05) is 4.72 Å². The minimum absolute atomic E-state index is 0.137. The summed E-state index contributed by atoms with van der Waals surface area (Å²) in [5.74, 6) is 6.19. The Morgan fingerprint density at radius 2 is 1.68 bits per heavy atom. The smallest absolute Gasteiger partial charge is 0.264 e. The van der Waals surface area contributed by atoms with E-state index in [2.05, 4.69) is 26.5 Å². The van der Waals surface area contributed by atoms with Gasteiger partial charge >= 0.3 is 0 Å². The number of rotatable bonds is 3. The van der Waals surface area contributed by atoms with Crippen molar-refractivity contribution < 1.29 is 8.42 Å². The van der Waals surface area contributed by atoms with Gasteiger partial charge in [-0.25, -0.2) is 8.42 Å². The van der Waals surface area contributed by atoms with Crippen LogP contribution in [0.1, 0.15) is 16.7 Å². The number of nitrogens with zero attached hydrogens (tertiary/aromatic N) is 2. The van der Waals surface area contributed by atoms with E-state index in [4.69, 9.17) is 11.6 Å². The molecular formula is C27H18ClN3O2S. The van der Waals surface area contributed by atoms with Gasteiger partial charge in [0.15, 0.2) is 0 Å². The Hall–Kier alpha value is -3.92. The first kappa shape index (κ1) is 21.9. The molecule has 0 atom stereocenters. The molecule has 0 amide bonds. The molecule has 0 aliphatic carbocycles. The van der Waals surface area contributed by atoms with Gasteiger partial charge in [0.05, 0.1) is 22.3 Å². The highest BCUT2D eigenvalue weighted by Crippen LogP contribution is 2.29. The number of benzene rings is 3. The number of nitrogens with one attached hydrogen (secondary N) is 1. The van der Waals surface area contributed by atoms with E-state index in [1.165, 1.54) is 0 Å². The number of anilines is 1. The predicted molar refractivity (Wildman–Crippen MR) is 136 cm³/mol. The highest BCUT2D eigenvalue weighted by Gasteiger charge is 2.22. The number of hydrogen-bond donors (Lipinski definition) is 1. The molecule has 2 heterocycles. The van der Waals surface area contributed by atoms with E-state index in [9.17, 15) is 8.42 Å². The van der Waals surface area contributed by atoms with Gasteiger partial charge in [-0.2, -0.15) is 0 Å². The largest absolute Gasteiger partial charge is 0.278 e. The van der Waals surface area contributed by atoms with Crippen LogP contribution in [0.3, 0.4) is 0 Å². The van der Waals surface area contributed by atoms with Gasteiger partial charge in [0.2, 0.25) is 0 Å². The van der Waals surface area contributed by atoms with Gasteiger partial charge in [-0.05, 0) is 36.8 Å². The fourth-order valence-electron chi connectivity index (χ4n) is 3.81. The zero-order valence-electron chi connectivity index (χ0n) is 18.1. The third-order valence-corrected chi connectivity index (χ3v) is 7.20. The lowest BCUT2D eigenvalue weighted by atomic mass is 10.1. The van der Waals surface area contributed by atoms with Crippen molar-refractivity contribution in [1.82, 2.24) is 9.97 Å². The van der Waals surface area contributed by atoms with Crippen LogP contribution in [0.2, 0.25) is 5.02 Å². The van der Waals surface area contributed by atoms with Crippen LogP contribution in [-0.2, 0) is 10.0 Å². The molecule has 3 aromatic carbocycles. The Labute approximate surface area is 202 Å². The number of halogens is 1. The maximum absolute atomic E-state index is 13.5. The van der Waals surface area contributed by atoms with Crippen molar-refractivity contribution in [3.05, 3.63) is 107 Å². The summed E-state index contributed by atoms with van der Waals surface area (Å²) in [4.78, 5) is 8.71. The normalized spacial score (nSPS) is 11.2. The number of hydrogen-bond acceptors (Lipinski definition) is 4. The highest BCUT2D eigenvalue weighted by atomic mass is 35.5. The molecule has 2 aromatic heterocycles. The van der Waals surface area contributed by atoms with Crippen molar-refractivity contribution in [3.63, 3.8) is 0 Å². The van der Waals surface area contributed by atoms with Crippen LogP contribution >= 0.6 is 11.6 Å². The van der Waals surface area contributed by atoms with Crippen LogP contribution in [0.4, 0.5) is 5.69 Å². The van der Waals surface area contributed by atoms with E-state index in [0.717, 1.165) is 21.7 Å². The lowest BCUT2D eigenvalue weighted by molar-refractivity contribution is 0.601. The van der Waals surface area contributed by atoms with Crippen LogP contribution < -0.4 is 4.72 Å². The molecule has 166 valence electrons. The SMILES string of the molecule is Cc1ccc2cccnc2c1S(=O)(=O)Nc1ccc(Cl)cc1C#Cc1cncc2ccccc12.